The lowest BCUT2D eigenvalue weighted by atomic mass is 10.0. The van der Waals surface area contributed by atoms with Crippen molar-refractivity contribution in [1.29, 1.82) is 0 Å². The maximum atomic E-state index is 13.2. The molecule has 0 bridgehead atoms. The van der Waals surface area contributed by atoms with Crippen LogP contribution in [0.5, 0.6) is 5.75 Å². The SMILES string of the molecule is CCOC(=O)C1=C(C)N(c2ccc(OC)cc2)C(=O)/C1=C/c1ccc([N+](=O)[O-])cc1. The Morgan fingerprint density at radius 2 is 1.77 bits per heavy atom. The van der Waals surface area contributed by atoms with Crippen LogP contribution in [0.4, 0.5) is 11.4 Å². The van der Waals surface area contributed by atoms with Gasteiger partial charge in [0.05, 0.1) is 29.8 Å². The second kappa shape index (κ2) is 8.60. The van der Waals surface area contributed by atoms with Crippen molar-refractivity contribution in [3.63, 3.8) is 0 Å². The van der Waals surface area contributed by atoms with Gasteiger partial charge in [-0.25, -0.2) is 4.79 Å². The van der Waals surface area contributed by atoms with E-state index in [2.05, 4.69) is 0 Å². The molecule has 0 radical (unpaired) electrons. The summed E-state index contributed by atoms with van der Waals surface area (Å²) in [5.74, 6) is -0.356. The second-order valence-corrected chi connectivity index (χ2v) is 6.43. The Labute approximate surface area is 173 Å². The molecule has 0 fully saturated rings. The van der Waals surface area contributed by atoms with Crippen LogP contribution >= 0.6 is 0 Å². The summed E-state index contributed by atoms with van der Waals surface area (Å²) in [7, 11) is 1.55. The van der Waals surface area contributed by atoms with Crippen molar-refractivity contribution in [2.75, 3.05) is 18.6 Å². The van der Waals surface area contributed by atoms with E-state index >= 15 is 0 Å². The minimum absolute atomic E-state index is 0.0629. The van der Waals surface area contributed by atoms with Crippen molar-refractivity contribution in [1.82, 2.24) is 0 Å². The predicted molar refractivity (Wildman–Crippen MR) is 111 cm³/mol. The molecule has 1 aliphatic rings. The van der Waals surface area contributed by atoms with Crippen LogP contribution in [0.2, 0.25) is 0 Å². The van der Waals surface area contributed by atoms with Crippen LogP contribution in [-0.4, -0.2) is 30.5 Å². The molecule has 154 valence electrons. The van der Waals surface area contributed by atoms with Gasteiger partial charge in [-0.05, 0) is 61.9 Å². The summed E-state index contributed by atoms with van der Waals surface area (Å²) in [6, 6.07) is 12.6. The number of carbonyl (C=O) groups is 2. The quantitative estimate of drug-likeness (QED) is 0.311. The molecule has 0 N–H and O–H groups in total. The third kappa shape index (κ3) is 3.93. The molecule has 8 heteroatoms. The molecule has 3 rings (SSSR count). The largest absolute Gasteiger partial charge is 0.497 e. The average molecular weight is 408 g/mol. The molecule has 2 aromatic rings. The first-order valence-corrected chi connectivity index (χ1v) is 9.20. The van der Waals surface area contributed by atoms with Crippen LogP contribution < -0.4 is 9.64 Å². The molecule has 1 heterocycles. The summed E-state index contributed by atoms with van der Waals surface area (Å²) in [4.78, 5) is 37.6. The Kier molecular flexibility index (Phi) is 5.96. The molecular weight excluding hydrogens is 388 g/mol. The number of hydrogen-bond donors (Lipinski definition) is 0. The fourth-order valence-electron chi connectivity index (χ4n) is 3.18. The van der Waals surface area contributed by atoms with Crippen LogP contribution in [0.1, 0.15) is 19.4 Å². The fourth-order valence-corrected chi connectivity index (χ4v) is 3.18. The first kappa shape index (κ1) is 20.8. The number of nitro groups is 1. The van der Waals surface area contributed by atoms with Crippen LogP contribution in [0.15, 0.2) is 65.4 Å². The van der Waals surface area contributed by atoms with E-state index in [-0.39, 0.29) is 29.3 Å². The molecule has 2 aromatic carbocycles. The topological polar surface area (TPSA) is 99.0 Å². The maximum absolute atomic E-state index is 13.2. The van der Waals surface area contributed by atoms with E-state index in [1.165, 1.54) is 35.2 Å². The average Bonchev–Trinajstić information content (AvgIpc) is 2.98. The van der Waals surface area contributed by atoms with Gasteiger partial charge in [0.1, 0.15) is 5.75 Å². The van der Waals surface area contributed by atoms with Crippen LogP contribution in [0.25, 0.3) is 6.08 Å². The van der Waals surface area contributed by atoms with E-state index in [4.69, 9.17) is 9.47 Å². The molecule has 0 aliphatic carbocycles. The normalized spacial score (nSPS) is 15.0. The van der Waals surface area contributed by atoms with E-state index in [1.54, 1.807) is 45.2 Å². The highest BCUT2D eigenvalue weighted by atomic mass is 16.6. The van der Waals surface area contributed by atoms with Gasteiger partial charge in [-0.15, -0.1) is 0 Å². The number of ether oxygens (including phenoxy) is 2. The number of nitro benzene ring substituents is 1. The van der Waals surface area contributed by atoms with Crippen molar-refractivity contribution in [2.45, 2.75) is 13.8 Å². The molecular formula is C22H20N2O6. The minimum atomic E-state index is -0.604. The molecule has 30 heavy (non-hydrogen) atoms. The Hall–Kier alpha value is -3.94. The highest BCUT2D eigenvalue weighted by molar-refractivity contribution is 6.23. The zero-order valence-corrected chi connectivity index (χ0v) is 16.7. The summed E-state index contributed by atoms with van der Waals surface area (Å²) in [5.41, 5.74) is 1.83. The molecule has 0 saturated carbocycles. The number of anilines is 1. The molecule has 0 atom stereocenters. The van der Waals surface area contributed by atoms with Crippen LogP contribution in [0.3, 0.4) is 0 Å². The number of amides is 1. The summed E-state index contributed by atoms with van der Waals surface area (Å²) < 4.78 is 10.3. The van der Waals surface area contributed by atoms with Gasteiger partial charge in [-0.2, -0.15) is 0 Å². The van der Waals surface area contributed by atoms with Crippen molar-refractivity contribution in [2.24, 2.45) is 0 Å². The molecule has 0 aromatic heterocycles. The number of carbonyl (C=O) groups excluding carboxylic acids is 2. The van der Waals surface area contributed by atoms with Crippen LogP contribution in [-0.2, 0) is 14.3 Å². The van der Waals surface area contributed by atoms with Gasteiger partial charge in [0.15, 0.2) is 0 Å². The number of esters is 1. The lowest BCUT2D eigenvalue weighted by Crippen LogP contribution is -2.24. The highest BCUT2D eigenvalue weighted by Crippen LogP contribution is 2.36. The maximum Gasteiger partial charge on any atom is 0.340 e. The van der Waals surface area contributed by atoms with Gasteiger partial charge in [-0.1, -0.05) is 0 Å². The number of benzene rings is 2. The number of rotatable bonds is 6. The van der Waals surface area contributed by atoms with Crippen LogP contribution in [0, 0.1) is 10.1 Å². The van der Waals surface area contributed by atoms with E-state index in [1.807, 2.05) is 0 Å². The minimum Gasteiger partial charge on any atom is -0.497 e. The first-order chi connectivity index (χ1) is 14.4. The van der Waals surface area contributed by atoms with Gasteiger partial charge in [0, 0.05) is 23.5 Å². The summed E-state index contributed by atoms with van der Waals surface area (Å²) >= 11 is 0. The van der Waals surface area contributed by atoms with Gasteiger partial charge < -0.3 is 9.47 Å². The monoisotopic (exact) mass is 408 g/mol. The Morgan fingerprint density at radius 1 is 1.13 bits per heavy atom. The van der Waals surface area contributed by atoms with Crippen molar-refractivity contribution >= 4 is 29.3 Å². The van der Waals surface area contributed by atoms with Gasteiger partial charge in [-0.3, -0.25) is 19.8 Å². The van der Waals surface area contributed by atoms with E-state index in [0.29, 0.717) is 22.7 Å². The summed E-state index contributed by atoms with van der Waals surface area (Å²) in [6.45, 7) is 3.52. The zero-order valence-electron chi connectivity index (χ0n) is 16.7. The van der Waals surface area contributed by atoms with E-state index in [9.17, 15) is 19.7 Å². The number of allylic oxidation sites excluding steroid dienone is 1. The second-order valence-electron chi connectivity index (χ2n) is 6.43. The molecule has 0 unspecified atom stereocenters. The number of nitrogens with zero attached hydrogens (tertiary/aromatic N) is 2. The Morgan fingerprint density at radius 3 is 2.30 bits per heavy atom. The number of hydrogen-bond acceptors (Lipinski definition) is 6. The molecule has 8 nitrogen and oxygen atoms in total. The van der Waals surface area contributed by atoms with Crippen molar-refractivity contribution in [3.8, 4) is 5.75 Å². The lowest BCUT2D eigenvalue weighted by molar-refractivity contribution is -0.384. The van der Waals surface area contributed by atoms with Gasteiger partial charge in [0.2, 0.25) is 0 Å². The molecule has 0 spiro atoms. The molecule has 1 amide bonds. The highest BCUT2D eigenvalue weighted by Gasteiger charge is 2.38. The number of methoxy groups -OCH3 is 1. The standard InChI is InChI=1S/C22H20N2O6/c1-4-30-22(26)20-14(2)23(16-9-11-18(29-3)12-10-16)21(25)19(20)13-15-5-7-17(8-6-15)24(27)28/h5-13H,4H2,1-3H3/b19-13+. The third-order valence-electron chi connectivity index (χ3n) is 4.63. The van der Waals surface area contributed by atoms with Gasteiger partial charge in [0.25, 0.3) is 11.6 Å². The van der Waals surface area contributed by atoms with Crippen molar-refractivity contribution in [3.05, 3.63) is 81.1 Å². The lowest BCUT2D eigenvalue weighted by Gasteiger charge is -2.18. The van der Waals surface area contributed by atoms with E-state index in [0.717, 1.165) is 0 Å². The van der Waals surface area contributed by atoms with Gasteiger partial charge >= 0.3 is 5.97 Å². The predicted octanol–water partition coefficient (Wildman–Crippen LogP) is 3.87. The zero-order chi connectivity index (χ0) is 21.8. The first-order valence-electron chi connectivity index (χ1n) is 9.20. The third-order valence-corrected chi connectivity index (χ3v) is 4.63. The van der Waals surface area contributed by atoms with E-state index < -0.39 is 10.9 Å². The van der Waals surface area contributed by atoms with Crippen molar-refractivity contribution < 1.29 is 24.0 Å². The molecule has 0 saturated heterocycles. The summed E-state index contributed by atoms with van der Waals surface area (Å²) in [5, 5.41) is 10.9. The Balaban J connectivity index is 2.07. The number of non-ortho nitro benzene ring substituents is 1. The Bertz CT molecular complexity index is 1050. The fraction of sp³-hybridized carbons (Fsp3) is 0.182. The molecule has 1 aliphatic heterocycles. The summed E-state index contributed by atoms with van der Waals surface area (Å²) in [6.07, 6.45) is 1.53. The smallest absolute Gasteiger partial charge is 0.340 e.